The molecule has 0 amide bonds. The number of hydrogen-bond acceptors (Lipinski definition) is 3. The second kappa shape index (κ2) is 6.99. The van der Waals surface area contributed by atoms with E-state index in [0.29, 0.717) is 5.75 Å². The average molecular weight is 278 g/mol. The zero-order chi connectivity index (χ0) is 13.6. The number of nitrogens with one attached hydrogen (secondary N) is 1. The van der Waals surface area contributed by atoms with Gasteiger partial charge in [-0.1, -0.05) is 6.92 Å². The van der Waals surface area contributed by atoms with Crippen molar-refractivity contribution in [1.82, 2.24) is 10.3 Å². The Labute approximate surface area is 109 Å². The topological polar surface area (TPSA) is 24.9 Å². The third-order valence-electron chi connectivity index (χ3n) is 2.51. The van der Waals surface area contributed by atoms with Gasteiger partial charge in [0.25, 0.3) is 0 Å². The molecule has 1 aromatic rings. The molecule has 0 spiro atoms. The fourth-order valence-electron chi connectivity index (χ4n) is 1.62. The minimum absolute atomic E-state index is 0.219. The molecule has 0 fully saturated rings. The van der Waals surface area contributed by atoms with Gasteiger partial charge in [-0.3, -0.25) is 4.98 Å². The van der Waals surface area contributed by atoms with Gasteiger partial charge in [-0.05, 0) is 25.3 Å². The monoisotopic (exact) mass is 278 g/mol. The zero-order valence-electron chi connectivity index (χ0n) is 10.4. The average Bonchev–Trinajstić information content (AvgIpc) is 2.34. The summed E-state index contributed by atoms with van der Waals surface area (Å²) < 4.78 is 38.6. The number of rotatable bonds is 6. The lowest BCUT2D eigenvalue weighted by Crippen LogP contribution is -2.23. The number of alkyl halides is 3. The van der Waals surface area contributed by atoms with Gasteiger partial charge in [0, 0.05) is 29.8 Å². The van der Waals surface area contributed by atoms with Crippen LogP contribution in [0.4, 0.5) is 13.2 Å². The maximum absolute atomic E-state index is 12.9. The molecule has 0 aliphatic rings. The summed E-state index contributed by atoms with van der Waals surface area (Å²) in [5.74, 6) is 1.55. The molecule has 2 nitrogen and oxygen atoms in total. The molecule has 0 bridgehead atoms. The van der Waals surface area contributed by atoms with E-state index in [9.17, 15) is 13.2 Å². The van der Waals surface area contributed by atoms with Crippen LogP contribution in [0.1, 0.15) is 30.5 Å². The first-order chi connectivity index (χ1) is 8.50. The van der Waals surface area contributed by atoms with Crippen LogP contribution < -0.4 is 5.32 Å². The van der Waals surface area contributed by atoms with Crippen LogP contribution in [0.3, 0.4) is 0 Å². The first-order valence-corrected chi connectivity index (χ1v) is 6.92. The maximum Gasteiger partial charge on any atom is 0.416 e. The second-order valence-corrected chi connectivity index (χ2v) is 5.03. The minimum Gasteiger partial charge on any atom is -0.312 e. The highest BCUT2D eigenvalue weighted by molar-refractivity contribution is 7.99. The van der Waals surface area contributed by atoms with Crippen LogP contribution in [-0.4, -0.2) is 23.5 Å². The van der Waals surface area contributed by atoms with Gasteiger partial charge in [-0.2, -0.15) is 24.9 Å². The molecule has 1 aromatic heterocycles. The van der Waals surface area contributed by atoms with E-state index in [-0.39, 0.29) is 11.6 Å². The van der Waals surface area contributed by atoms with Crippen LogP contribution in [0, 0.1) is 0 Å². The van der Waals surface area contributed by atoms with Crippen molar-refractivity contribution in [2.75, 3.05) is 18.6 Å². The standard InChI is InChI=1S/C12H17F3N2S/c1-3-6-18-8-11(16-2)9-7-17-5-4-10(9)12(13,14)15/h4-5,7,11,16H,3,6,8H2,1-2H3. The molecule has 1 heterocycles. The first-order valence-electron chi connectivity index (χ1n) is 5.76. The van der Waals surface area contributed by atoms with E-state index in [2.05, 4.69) is 10.3 Å². The van der Waals surface area contributed by atoms with Crippen molar-refractivity contribution >= 4 is 11.8 Å². The Hall–Kier alpha value is -0.750. The number of hydrogen-bond donors (Lipinski definition) is 1. The van der Waals surface area contributed by atoms with Crippen molar-refractivity contribution in [1.29, 1.82) is 0 Å². The summed E-state index contributed by atoms with van der Waals surface area (Å²) in [6.07, 6.45) is -0.836. The Morgan fingerprint density at radius 1 is 1.44 bits per heavy atom. The molecule has 0 aromatic carbocycles. The van der Waals surface area contributed by atoms with Crippen LogP contribution in [0.15, 0.2) is 18.5 Å². The first kappa shape index (κ1) is 15.3. The summed E-state index contributed by atoms with van der Waals surface area (Å²) in [4.78, 5) is 3.81. The molecule has 102 valence electrons. The van der Waals surface area contributed by atoms with Gasteiger partial charge in [-0.15, -0.1) is 0 Å². The molecule has 0 aliphatic carbocycles. The van der Waals surface area contributed by atoms with Crippen LogP contribution in [-0.2, 0) is 6.18 Å². The molecule has 0 saturated heterocycles. The van der Waals surface area contributed by atoms with Gasteiger partial charge in [0.2, 0.25) is 0 Å². The molecule has 6 heteroatoms. The van der Waals surface area contributed by atoms with E-state index < -0.39 is 11.7 Å². The Kier molecular flexibility index (Phi) is 5.95. The fraction of sp³-hybridized carbons (Fsp3) is 0.583. The van der Waals surface area contributed by atoms with Crippen LogP contribution in [0.25, 0.3) is 0 Å². The summed E-state index contributed by atoms with van der Waals surface area (Å²) in [5.41, 5.74) is -0.384. The van der Waals surface area contributed by atoms with Crippen molar-refractivity contribution in [2.24, 2.45) is 0 Å². The van der Waals surface area contributed by atoms with Gasteiger partial charge in [0.1, 0.15) is 0 Å². The normalized spacial score (nSPS) is 13.6. The van der Waals surface area contributed by atoms with Gasteiger partial charge in [-0.25, -0.2) is 0 Å². The number of thioether (sulfide) groups is 1. The number of aromatic nitrogens is 1. The highest BCUT2D eigenvalue weighted by Gasteiger charge is 2.34. The lowest BCUT2D eigenvalue weighted by atomic mass is 10.0. The van der Waals surface area contributed by atoms with Gasteiger partial charge in [0.15, 0.2) is 0 Å². The summed E-state index contributed by atoms with van der Waals surface area (Å²) in [6, 6.07) is 0.705. The lowest BCUT2D eigenvalue weighted by molar-refractivity contribution is -0.138. The van der Waals surface area contributed by atoms with Crippen LogP contribution in [0.2, 0.25) is 0 Å². The molecule has 1 atom stereocenters. The molecule has 1 N–H and O–H groups in total. The number of nitrogens with zero attached hydrogens (tertiary/aromatic N) is 1. The molecular formula is C12H17F3N2S. The van der Waals surface area contributed by atoms with E-state index in [1.807, 2.05) is 6.92 Å². The lowest BCUT2D eigenvalue weighted by Gasteiger charge is -2.20. The van der Waals surface area contributed by atoms with Gasteiger partial charge >= 0.3 is 6.18 Å². The highest BCUT2D eigenvalue weighted by atomic mass is 32.2. The van der Waals surface area contributed by atoms with Crippen molar-refractivity contribution in [3.05, 3.63) is 29.6 Å². The molecular weight excluding hydrogens is 261 g/mol. The largest absolute Gasteiger partial charge is 0.416 e. The minimum atomic E-state index is -4.33. The van der Waals surface area contributed by atoms with Crippen molar-refractivity contribution in [3.8, 4) is 0 Å². The summed E-state index contributed by atoms with van der Waals surface area (Å²) in [5, 5.41) is 2.93. The van der Waals surface area contributed by atoms with Crippen molar-refractivity contribution < 1.29 is 13.2 Å². The Bertz CT molecular complexity index is 369. The highest BCUT2D eigenvalue weighted by Crippen LogP contribution is 2.34. The Balaban J connectivity index is 2.91. The Morgan fingerprint density at radius 3 is 2.72 bits per heavy atom. The predicted octanol–water partition coefficient (Wildman–Crippen LogP) is 3.50. The summed E-state index contributed by atoms with van der Waals surface area (Å²) >= 11 is 1.64. The SMILES string of the molecule is CCCSCC(NC)c1cnccc1C(F)(F)F. The smallest absolute Gasteiger partial charge is 0.312 e. The van der Waals surface area contributed by atoms with E-state index in [4.69, 9.17) is 0 Å². The van der Waals surface area contributed by atoms with Crippen molar-refractivity contribution in [3.63, 3.8) is 0 Å². The fourth-order valence-corrected chi connectivity index (χ4v) is 2.65. The molecule has 0 aliphatic heterocycles. The van der Waals surface area contributed by atoms with Crippen LogP contribution in [0.5, 0.6) is 0 Å². The van der Waals surface area contributed by atoms with E-state index in [1.54, 1.807) is 18.8 Å². The molecule has 1 unspecified atom stereocenters. The van der Waals surface area contributed by atoms with Crippen molar-refractivity contribution in [2.45, 2.75) is 25.6 Å². The van der Waals surface area contributed by atoms with Gasteiger partial charge < -0.3 is 5.32 Å². The second-order valence-electron chi connectivity index (χ2n) is 3.88. The third kappa shape index (κ3) is 4.17. The van der Waals surface area contributed by atoms with Crippen LogP contribution >= 0.6 is 11.8 Å². The number of pyridine rings is 1. The maximum atomic E-state index is 12.9. The molecule has 0 saturated carbocycles. The quantitative estimate of drug-likeness (QED) is 0.806. The third-order valence-corrected chi connectivity index (χ3v) is 3.78. The molecule has 0 radical (unpaired) electrons. The predicted molar refractivity (Wildman–Crippen MR) is 68.7 cm³/mol. The summed E-state index contributed by atoms with van der Waals surface area (Å²) in [7, 11) is 1.67. The zero-order valence-corrected chi connectivity index (χ0v) is 11.2. The van der Waals surface area contributed by atoms with E-state index in [0.717, 1.165) is 18.2 Å². The molecule has 1 rings (SSSR count). The van der Waals surface area contributed by atoms with E-state index in [1.165, 1.54) is 12.4 Å². The van der Waals surface area contributed by atoms with E-state index >= 15 is 0 Å². The van der Waals surface area contributed by atoms with Gasteiger partial charge in [0.05, 0.1) is 5.56 Å². The summed E-state index contributed by atoms with van der Waals surface area (Å²) in [6.45, 7) is 2.05. The Morgan fingerprint density at radius 2 is 2.17 bits per heavy atom. The number of halogens is 3. The molecule has 18 heavy (non-hydrogen) atoms.